The Kier molecular flexibility index (Phi) is 2.45. The van der Waals surface area contributed by atoms with Gasteiger partial charge >= 0.3 is 0 Å². The van der Waals surface area contributed by atoms with Gasteiger partial charge in [0.15, 0.2) is 0 Å². The highest BCUT2D eigenvalue weighted by Gasteiger charge is 2.37. The zero-order valence-electron chi connectivity index (χ0n) is 8.53. The Morgan fingerprint density at radius 3 is 2.20 bits per heavy atom. The van der Waals surface area contributed by atoms with Crippen LogP contribution in [0.3, 0.4) is 0 Å². The predicted octanol–water partition coefficient (Wildman–Crippen LogP) is 2.82. The van der Waals surface area contributed by atoms with Crippen LogP contribution in [0.4, 0.5) is 5.69 Å². The van der Waals surface area contributed by atoms with Crippen LogP contribution in [-0.2, 0) is 4.74 Å². The molecule has 1 aromatic carbocycles. The largest absolute Gasteiger partial charge is 0.377 e. The highest BCUT2D eigenvalue weighted by atomic mass is 79.9. The van der Waals surface area contributed by atoms with E-state index >= 15 is 0 Å². The van der Waals surface area contributed by atoms with Gasteiger partial charge in [-0.05, 0) is 37.1 Å². The van der Waals surface area contributed by atoms with Crippen molar-refractivity contribution in [1.82, 2.24) is 0 Å². The van der Waals surface area contributed by atoms with Crippen LogP contribution in [0.25, 0.3) is 0 Å². The number of hydrogen-bond acceptors (Lipinski definition) is 2. The topological polar surface area (TPSA) is 12.5 Å². The molecule has 0 radical (unpaired) electrons. The number of nitrogens with zero attached hydrogens (tertiary/aromatic N) is 1. The summed E-state index contributed by atoms with van der Waals surface area (Å²) in [5.41, 5.74) is 1.34. The third-order valence-electron chi connectivity index (χ3n) is 3.08. The highest BCUT2D eigenvalue weighted by molar-refractivity contribution is 9.10. The van der Waals surface area contributed by atoms with Crippen LogP contribution in [0.1, 0.15) is 12.8 Å². The van der Waals surface area contributed by atoms with E-state index in [9.17, 15) is 0 Å². The predicted molar refractivity (Wildman–Crippen MR) is 64.3 cm³/mol. The molecule has 3 heteroatoms. The summed E-state index contributed by atoms with van der Waals surface area (Å²) in [7, 11) is 0. The van der Waals surface area contributed by atoms with E-state index in [4.69, 9.17) is 4.74 Å². The monoisotopic (exact) mass is 267 g/mol. The van der Waals surface area contributed by atoms with Crippen molar-refractivity contribution in [1.29, 1.82) is 0 Å². The first-order valence-electron chi connectivity index (χ1n) is 5.46. The third-order valence-corrected chi connectivity index (χ3v) is 3.61. The molecule has 1 aliphatic carbocycles. The third kappa shape index (κ3) is 1.91. The Bertz CT molecular complexity index is 343. The molecule has 0 unspecified atom stereocenters. The smallest absolute Gasteiger partial charge is 0.0760 e. The zero-order chi connectivity index (χ0) is 10.3. The van der Waals surface area contributed by atoms with E-state index < -0.39 is 0 Å². The van der Waals surface area contributed by atoms with E-state index in [0.717, 1.165) is 23.7 Å². The maximum Gasteiger partial charge on any atom is 0.0760 e. The maximum atomic E-state index is 5.29. The lowest BCUT2D eigenvalue weighted by molar-refractivity contribution is 0.00740. The molecule has 3 rings (SSSR count). The Labute approximate surface area is 98.4 Å². The van der Waals surface area contributed by atoms with E-state index in [0.29, 0.717) is 6.04 Å². The molecule has 1 saturated carbocycles. The van der Waals surface area contributed by atoms with Crippen molar-refractivity contribution in [2.24, 2.45) is 0 Å². The molecule has 1 heterocycles. The van der Waals surface area contributed by atoms with Crippen LogP contribution >= 0.6 is 15.9 Å². The fraction of sp³-hybridized carbons (Fsp3) is 0.500. The number of ether oxygens (including phenoxy) is 1. The summed E-state index contributed by atoms with van der Waals surface area (Å²) in [4.78, 5) is 2.54. The van der Waals surface area contributed by atoms with E-state index in [-0.39, 0.29) is 0 Å². The molecular formula is C12H14BrNO. The fourth-order valence-electron chi connectivity index (χ4n) is 2.07. The molecule has 2 nitrogen and oxygen atoms in total. The van der Waals surface area contributed by atoms with Crippen LogP contribution in [-0.4, -0.2) is 25.3 Å². The van der Waals surface area contributed by atoms with Crippen molar-refractivity contribution in [3.63, 3.8) is 0 Å². The standard InChI is InChI=1S/C12H14BrNO/c13-9-1-3-10(4-2-9)14(11-5-6-11)12-7-15-8-12/h1-4,11-12H,5-8H2. The van der Waals surface area contributed by atoms with Gasteiger partial charge in [-0.1, -0.05) is 15.9 Å². The maximum absolute atomic E-state index is 5.29. The van der Waals surface area contributed by atoms with Gasteiger partial charge in [-0.3, -0.25) is 0 Å². The van der Waals surface area contributed by atoms with Crippen LogP contribution in [0, 0.1) is 0 Å². The lowest BCUT2D eigenvalue weighted by Gasteiger charge is -2.39. The first-order chi connectivity index (χ1) is 7.34. The van der Waals surface area contributed by atoms with Crippen LogP contribution in [0.2, 0.25) is 0 Å². The fourth-order valence-corrected chi connectivity index (χ4v) is 2.33. The van der Waals surface area contributed by atoms with Crippen molar-refractivity contribution in [3.8, 4) is 0 Å². The van der Waals surface area contributed by atoms with Crippen molar-refractivity contribution < 1.29 is 4.74 Å². The molecular weight excluding hydrogens is 254 g/mol. The molecule has 0 N–H and O–H groups in total. The highest BCUT2D eigenvalue weighted by Crippen LogP contribution is 2.35. The van der Waals surface area contributed by atoms with Crippen molar-refractivity contribution >= 4 is 21.6 Å². The average Bonchev–Trinajstić information content (AvgIpc) is 2.96. The van der Waals surface area contributed by atoms with E-state index in [1.807, 2.05) is 0 Å². The van der Waals surface area contributed by atoms with Gasteiger partial charge in [-0.2, -0.15) is 0 Å². The van der Waals surface area contributed by atoms with Crippen LogP contribution < -0.4 is 4.90 Å². The Morgan fingerprint density at radius 2 is 1.73 bits per heavy atom. The Hall–Kier alpha value is -0.540. The summed E-state index contributed by atoms with van der Waals surface area (Å²) in [6, 6.07) is 9.99. The van der Waals surface area contributed by atoms with Crippen LogP contribution in [0.5, 0.6) is 0 Å². The molecule has 80 valence electrons. The first-order valence-corrected chi connectivity index (χ1v) is 6.25. The van der Waals surface area contributed by atoms with Crippen molar-refractivity contribution in [2.45, 2.75) is 24.9 Å². The van der Waals surface area contributed by atoms with E-state index in [1.165, 1.54) is 18.5 Å². The van der Waals surface area contributed by atoms with Gasteiger partial charge in [-0.25, -0.2) is 0 Å². The van der Waals surface area contributed by atoms with Crippen LogP contribution in [0.15, 0.2) is 28.7 Å². The molecule has 2 aliphatic rings. The molecule has 0 bridgehead atoms. The number of hydrogen-bond donors (Lipinski definition) is 0. The quantitative estimate of drug-likeness (QED) is 0.835. The molecule has 0 aromatic heterocycles. The summed E-state index contributed by atoms with van der Waals surface area (Å²) in [5.74, 6) is 0. The SMILES string of the molecule is Brc1ccc(N(C2CC2)C2COC2)cc1. The van der Waals surface area contributed by atoms with Gasteiger partial charge in [0.2, 0.25) is 0 Å². The van der Waals surface area contributed by atoms with Gasteiger partial charge in [0.25, 0.3) is 0 Å². The summed E-state index contributed by atoms with van der Waals surface area (Å²) < 4.78 is 6.43. The number of halogens is 1. The Morgan fingerprint density at radius 1 is 1.07 bits per heavy atom. The van der Waals surface area contributed by atoms with Crippen molar-refractivity contribution in [2.75, 3.05) is 18.1 Å². The molecule has 15 heavy (non-hydrogen) atoms. The molecule has 1 aliphatic heterocycles. The molecule has 1 saturated heterocycles. The van der Waals surface area contributed by atoms with Crippen molar-refractivity contribution in [3.05, 3.63) is 28.7 Å². The lowest BCUT2D eigenvalue weighted by atomic mass is 10.1. The van der Waals surface area contributed by atoms with Gasteiger partial charge in [0.1, 0.15) is 0 Å². The summed E-state index contributed by atoms with van der Waals surface area (Å²) in [6.45, 7) is 1.79. The molecule has 0 atom stereocenters. The van der Waals surface area contributed by atoms with Gasteiger partial charge < -0.3 is 9.64 Å². The molecule has 0 spiro atoms. The number of benzene rings is 1. The van der Waals surface area contributed by atoms with Gasteiger partial charge in [-0.15, -0.1) is 0 Å². The summed E-state index contributed by atoms with van der Waals surface area (Å²) in [5, 5.41) is 0. The van der Waals surface area contributed by atoms with E-state index in [2.05, 4.69) is 45.1 Å². The normalized spacial score (nSPS) is 21.1. The van der Waals surface area contributed by atoms with Gasteiger partial charge in [0, 0.05) is 16.2 Å². The van der Waals surface area contributed by atoms with E-state index in [1.54, 1.807) is 0 Å². The first kappa shape index (κ1) is 9.67. The summed E-state index contributed by atoms with van der Waals surface area (Å²) >= 11 is 3.47. The lowest BCUT2D eigenvalue weighted by Crippen LogP contribution is -2.50. The summed E-state index contributed by atoms with van der Waals surface area (Å²) in [6.07, 6.45) is 2.68. The Balaban J connectivity index is 1.84. The minimum Gasteiger partial charge on any atom is -0.377 e. The number of anilines is 1. The average molecular weight is 268 g/mol. The minimum atomic E-state index is 0.610. The second-order valence-corrected chi connectivity index (χ2v) is 5.22. The zero-order valence-corrected chi connectivity index (χ0v) is 10.1. The minimum absolute atomic E-state index is 0.610. The van der Waals surface area contributed by atoms with Gasteiger partial charge in [0.05, 0.1) is 19.3 Å². The molecule has 1 aromatic rings. The number of rotatable bonds is 3. The molecule has 2 fully saturated rings. The molecule has 0 amide bonds. The second kappa shape index (κ2) is 3.80. The second-order valence-electron chi connectivity index (χ2n) is 4.31.